The SMILES string of the molecule is COC(=O)C1=C(C)N(C(C)c2ccccc2)C(=O)/C1=C\c1cc(Br)ccc1O. The number of methoxy groups -OCH3 is 1. The highest BCUT2D eigenvalue weighted by atomic mass is 79.9. The van der Waals surface area contributed by atoms with E-state index >= 15 is 0 Å². The normalized spacial score (nSPS) is 16.6. The van der Waals surface area contributed by atoms with Gasteiger partial charge in [-0.15, -0.1) is 0 Å². The molecule has 1 aliphatic heterocycles. The molecule has 1 heterocycles. The quantitative estimate of drug-likeness (QED) is 0.556. The zero-order valence-electron chi connectivity index (χ0n) is 15.8. The Labute approximate surface area is 172 Å². The van der Waals surface area contributed by atoms with Gasteiger partial charge in [0.25, 0.3) is 5.91 Å². The molecule has 1 aliphatic rings. The molecule has 1 amide bonds. The van der Waals surface area contributed by atoms with E-state index in [9.17, 15) is 14.7 Å². The molecule has 2 aromatic rings. The van der Waals surface area contributed by atoms with Gasteiger partial charge in [0.05, 0.1) is 24.3 Å². The Morgan fingerprint density at radius 1 is 1.21 bits per heavy atom. The molecule has 5 nitrogen and oxygen atoms in total. The first-order chi connectivity index (χ1) is 13.3. The molecule has 0 aliphatic carbocycles. The average Bonchev–Trinajstić information content (AvgIpc) is 2.94. The summed E-state index contributed by atoms with van der Waals surface area (Å²) in [5, 5.41) is 10.2. The fraction of sp³-hybridized carbons (Fsp3) is 0.182. The van der Waals surface area contributed by atoms with Crippen molar-refractivity contribution in [1.82, 2.24) is 4.90 Å². The maximum absolute atomic E-state index is 13.3. The van der Waals surface area contributed by atoms with Gasteiger partial charge < -0.3 is 14.7 Å². The monoisotopic (exact) mass is 441 g/mol. The van der Waals surface area contributed by atoms with Crippen LogP contribution in [0, 0.1) is 0 Å². The number of rotatable bonds is 4. The van der Waals surface area contributed by atoms with Gasteiger partial charge in [0, 0.05) is 15.7 Å². The van der Waals surface area contributed by atoms with E-state index in [0.29, 0.717) is 11.3 Å². The molecule has 0 saturated heterocycles. The number of esters is 1. The highest BCUT2D eigenvalue weighted by Crippen LogP contribution is 2.38. The standard InChI is InChI=1S/C22H20BrNO4/c1-13(15-7-5-4-6-8-15)24-14(2)20(22(27)28-3)18(21(24)26)12-16-11-17(23)9-10-19(16)25/h4-13,25H,1-3H3/b18-12-. The largest absolute Gasteiger partial charge is 0.507 e. The Hall–Kier alpha value is -2.86. The first-order valence-electron chi connectivity index (χ1n) is 8.73. The minimum atomic E-state index is -0.589. The van der Waals surface area contributed by atoms with Crippen LogP contribution >= 0.6 is 15.9 Å². The van der Waals surface area contributed by atoms with E-state index in [0.717, 1.165) is 10.0 Å². The van der Waals surface area contributed by atoms with Gasteiger partial charge in [-0.3, -0.25) is 4.79 Å². The van der Waals surface area contributed by atoms with E-state index in [4.69, 9.17) is 4.74 Å². The molecule has 3 rings (SSSR count). The lowest BCUT2D eigenvalue weighted by molar-refractivity contribution is -0.136. The van der Waals surface area contributed by atoms with Crippen LogP contribution in [0.3, 0.4) is 0 Å². The predicted octanol–water partition coefficient (Wildman–Crippen LogP) is 4.59. The Morgan fingerprint density at radius 2 is 1.89 bits per heavy atom. The lowest BCUT2D eigenvalue weighted by atomic mass is 10.0. The van der Waals surface area contributed by atoms with Gasteiger partial charge in [0.15, 0.2) is 0 Å². The summed E-state index contributed by atoms with van der Waals surface area (Å²) in [6.07, 6.45) is 1.52. The van der Waals surface area contributed by atoms with Crippen LogP contribution < -0.4 is 0 Å². The number of phenolic OH excluding ortho intramolecular Hbond substituents is 1. The molecule has 0 radical (unpaired) electrons. The van der Waals surface area contributed by atoms with E-state index in [-0.39, 0.29) is 28.8 Å². The van der Waals surface area contributed by atoms with Gasteiger partial charge >= 0.3 is 5.97 Å². The molecule has 6 heteroatoms. The van der Waals surface area contributed by atoms with Crippen LogP contribution in [0.15, 0.2) is 69.8 Å². The van der Waals surface area contributed by atoms with Crippen molar-refractivity contribution in [2.45, 2.75) is 19.9 Å². The van der Waals surface area contributed by atoms with E-state index < -0.39 is 5.97 Å². The van der Waals surface area contributed by atoms with E-state index in [2.05, 4.69) is 15.9 Å². The van der Waals surface area contributed by atoms with Gasteiger partial charge in [-0.05, 0) is 43.7 Å². The fourth-order valence-corrected chi connectivity index (χ4v) is 3.72. The van der Waals surface area contributed by atoms with E-state index in [1.54, 1.807) is 24.0 Å². The molecular weight excluding hydrogens is 422 g/mol. The Morgan fingerprint density at radius 3 is 2.54 bits per heavy atom. The van der Waals surface area contributed by atoms with Crippen molar-refractivity contribution in [1.29, 1.82) is 0 Å². The third-order valence-electron chi connectivity index (χ3n) is 4.79. The van der Waals surface area contributed by atoms with Crippen molar-refractivity contribution in [3.63, 3.8) is 0 Å². The zero-order chi connectivity index (χ0) is 20.4. The highest BCUT2D eigenvalue weighted by Gasteiger charge is 2.39. The average molecular weight is 442 g/mol. The lowest BCUT2D eigenvalue weighted by Gasteiger charge is -2.26. The second kappa shape index (κ2) is 8.02. The summed E-state index contributed by atoms with van der Waals surface area (Å²) in [5.41, 5.74) is 2.30. The number of nitrogens with zero attached hydrogens (tertiary/aromatic N) is 1. The minimum absolute atomic E-state index is 0.0138. The summed E-state index contributed by atoms with van der Waals surface area (Å²) in [6, 6.07) is 14.2. The van der Waals surface area contributed by atoms with E-state index in [1.807, 2.05) is 37.3 Å². The number of carbonyl (C=O) groups excluding carboxylic acids is 2. The summed E-state index contributed by atoms with van der Waals surface area (Å²) in [5.74, 6) is -0.886. The van der Waals surface area contributed by atoms with E-state index in [1.165, 1.54) is 19.3 Å². The molecule has 0 saturated carbocycles. The van der Waals surface area contributed by atoms with Crippen LogP contribution in [-0.4, -0.2) is 29.0 Å². The van der Waals surface area contributed by atoms with Crippen molar-refractivity contribution < 1.29 is 19.4 Å². The first-order valence-corrected chi connectivity index (χ1v) is 9.52. The number of allylic oxidation sites excluding steroid dienone is 1. The Balaban J connectivity index is 2.13. The van der Waals surface area contributed by atoms with Crippen LogP contribution in [0.5, 0.6) is 5.75 Å². The lowest BCUT2D eigenvalue weighted by Crippen LogP contribution is -2.28. The third kappa shape index (κ3) is 3.60. The topological polar surface area (TPSA) is 66.8 Å². The summed E-state index contributed by atoms with van der Waals surface area (Å²) < 4.78 is 5.67. The molecule has 1 unspecified atom stereocenters. The molecular formula is C22H20BrNO4. The van der Waals surface area contributed by atoms with Crippen molar-refractivity contribution >= 4 is 33.9 Å². The summed E-state index contributed by atoms with van der Waals surface area (Å²) in [6.45, 7) is 3.64. The number of aromatic hydroxyl groups is 1. The predicted molar refractivity (Wildman–Crippen MR) is 110 cm³/mol. The van der Waals surface area contributed by atoms with Gasteiger partial charge in [-0.25, -0.2) is 4.79 Å². The van der Waals surface area contributed by atoms with Crippen molar-refractivity contribution in [3.8, 4) is 5.75 Å². The highest BCUT2D eigenvalue weighted by molar-refractivity contribution is 9.10. The zero-order valence-corrected chi connectivity index (χ0v) is 17.4. The van der Waals surface area contributed by atoms with Crippen LogP contribution in [0.4, 0.5) is 0 Å². The number of hydrogen-bond acceptors (Lipinski definition) is 4. The molecule has 0 aromatic heterocycles. The molecule has 0 bridgehead atoms. The number of hydrogen-bond donors (Lipinski definition) is 1. The number of ether oxygens (including phenoxy) is 1. The van der Waals surface area contributed by atoms with Gasteiger partial charge in [0.2, 0.25) is 0 Å². The van der Waals surface area contributed by atoms with Gasteiger partial charge in [-0.1, -0.05) is 46.3 Å². The van der Waals surface area contributed by atoms with Crippen molar-refractivity contribution in [3.05, 3.63) is 81.0 Å². The molecule has 1 N–H and O–H groups in total. The maximum Gasteiger partial charge on any atom is 0.340 e. The number of carbonyl (C=O) groups is 2. The van der Waals surface area contributed by atoms with Crippen molar-refractivity contribution in [2.75, 3.05) is 7.11 Å². The first kappa shape index (κ1) is 19.9. The second-order valence-electron chi connectivity index (χ2n) is 6.47. The molecule has 0 fully saturated rings. The number of halogens is 1. The number of phenols is 1. The molecule has 1 atom stereocenters. The van der Waals surface area contributed by atoms with Crippen LogP contribution in [0.1, 0.15) is 31.0 Å². The minimum Gasteiger partial charge on any atom is -0.507 e. The molecule has 0 spiro atoms. The number of amides is 1. The molecule has 2 aromatic carbocycles. The number of benzene rings is 2. The summed E-state index contributed by atoms with van der Waals surface area (Å²) in [7, 11) is 1.28. The maximum atomic E-state index is 13.3. The van der Waals surface area contributed by atoms with Crippen LogP contribution in [-0.2, 0) is 14.3 Å². The fourth-order valence-electron chi connectivity index (χ4n) is 3.34. The Kier molecular flexibility index (Phi) is 5.70. The molecule has 28 heavy (non-hydrogen) atoms. The van der Waals surface area contributed by atoms with Gasteiger partial charge in [-0.2, -0.15) is 0 Å². The van der Waals surface area contributed by atoms with Crippen LogP contribution in [0.2, 0.25) is 0 Å². The second-order valence-corrected chi connectivity index (χ2v) is 7.39. The third-order valence-corrected chi connectivity index (χ3v) is 5.28. The summed E-state index contributed by atoms with van der Waals surface area (Å²) >= 11 is 3.36. The van der Waals surface area contributed by atoms with Crippen LogP contribution in [0.25, 0.3) is 6.08 Å². The molecule has 144 valence electrons. The smallest absolute Gasteiger partial charge is 0.340 e. The van der Waals surface area contributed by atoms with Gasteiger partial charge in [0.1, 0.15) is 5.75 Å². The summed E-state index contributed by atoms with van der Waals surface area (Å²) in [4.78, 5) is 27.3. The Bertz CT molecular complexity index is 995. The van der Waals surface area contributed by atoms with Crippen molar-refractivity contribution in [2.24, 2.45) is 0 Å².